The molecule has 3 rings (SSSR count). The van der Waals surface area contributed by atoms with Crippen molar-refractivity contribution in [1.82, 2.24) is 4.90 Å². The van der Waals surface area contributed by atoms with Crippen molar-refractivity contribution in [2.24, 2.45) is 0 Å². The summed E-state index contributed by atoms with van der Waals surface area (Å²) >= 11 is 0.892. The predicted octanol–water partition coefficient (Wildman–Crippen LogP) is 4.55. The quantitative estimate of drug-likeness (QED) is 0.607. The molecule has 0 unspecified atom stereocenters. The molecular weight excluding hydrogens is 416 g/mol. The van der Waals surface area contributed by atoms with Crippen molar-refractivity contribution in [3.8, 4) is 11.5 Å². The van der Waals surface area contributed by atoms with Crippen LogP contribution in [0.25, 0.3) is 6.08 Å². The van der Waals surface area contributed by atoms with E-state index in [4.69, 9.17) is 9.47 Å². The average molecular weight is 441 g/mol. The number of anilines is 1. The maximum Gasteiger partial charge on any atom is 0.293 e. The summed E-state index contributed by atoms with van der Waals surface area (Å²) in [5.41, 5.74) is 1.21. The molecule has 1 saturated heterocycles. The van der Waals surface area contributed by atoms with Gasteiger partial charge in [0.2, 0.25) is 0 Å². The highest BCUT2D eigenvalue weighted by molar-refractivity contribution is 8.18. The van der Waals surface area contributed by atoms with E-state index in [2.05, 4.69) is 5.32 Å². The van der Waals surface area contributed by atoms with Gasteiger partial charge in [0.15, 0.2) is 18.1 Å². The van der Waals surface area contributed by atoms with Gasteiger partial charge in [-0.25, -0.2) is 0 Å². The number of para-hydroxylation sites is 2. The van der Waals surface area contributed by atoms with Gasteiger partial charge in [0.1, 0.15) is 0 Å². The van der Waals surface area contributed by atoms with E-state index in [9.17, 15) is 14.4 Å². The van der Waals surface area contributed by atoms with E-state index in [1.165, 1.54) is 12.0 Å². The molecule has 1 aliphatic rings. The van der Waals surface area contributed by atoms with Crippen LogP contribution in [-0.4, -0.2) is 41.7 Å². The van der Waals surface area contributed by atoms with Crippen LogP contribution in [0, 0.1) is 0 Å². The third kappa shape index (κ3) is 5.27. The first-order chi connectivity index (χ1) is 14.9. The Morgan fingerprint density at radius 1 is 1.16 bits per heavy atom. The van der Waals surface area contributed by atoms with Crippen LogP contribution in [0.4, 0.5) is 10.5 Å². The maximum atomic E-state index is 12.7. The fourth-order valence-corrected chi connectivity index (χ4v) is 3.92. The Balaban J connectivity index is 1.81. The van der Waals surface area contributed by atoms with Gasteiger partial charge in [0.25, 0.3) is 17.1 Å². The number of thioether (sulfide) groups is 1. The van der Waals surface area contributed by atoms with Crippen molar-refractivity contribution in [1.29, 1.82) is 0 Å². The second-order valence-electron chi connectivity index (χ2n) is 6.89. The lowest BCUT2D eigenvalue weighted by molar-refractivity contribution is -0.124. The molecule has 0 spiro atoms. The minimum Gasteiger partial charge on any atom is -0.493 e. The minimum atomic E-state index is -0.333. The molecule has 2 aromatic rings. The number of imide groups is 1. The fourth-order valence-electron chi connectivity index (χ4n) is 3.00. The molecule has 8 heteroatoms. The molecule has 162 valence electrons. The van der Waals surface area contributed by atoms with Crippen molar-refractivity contribution in [2.45, 2.75) is 26.3 Å². The molecule has 1 N–H and O–H groups in total. The zero-order chi connectivity index (χ0) is 22.4. The van der Waals surface area contributed by atoms with E-state index in [0.717, 1.165) is 11.8 Å². The summed E-state index contributed by atoms with van der Waals surface area (Å²) < 4.78 is 11.1. The van der Waals surface area contributed by atoms with Gasteiger partial charge in [-0.1, -0.05) is 37.3 Å². The van der Waals surface area contributed by atoms with Crippen molar-refractivity contribution in [3.63, 3.8) is 0 Å². The molecule has 1 aliphatic heterocycles. The molecule has 1 fully saturated rings. The van der Waals surface area contributed by atoms with E-state index in [-0.39, 0.29) is 29.7 Å². The summed E-state index contributed by atoms with van der Waals surface area (Å²) in [7, 11) is 1.49. The summed E-state index contributed by atoms with van der Waals surface area (Å²) in [6.07, 6.45) is 2.27. The molecule has 1 atom stereocenters. The molecule has 0 radical (unpaired) electrons. The SMILES string of the molecule is CC[C@H](C)N1C(=O)S/C(=C/c2cccc(OC)c2OCC(=O)Nc2ccccc2)C1=O. The largest absolute Gasteiger partial charge is 0.493 e. The molecule has 2 aromatic carbocycles. The number of carbonyl (C=O) groups excluding carboxylic acids is 3. The van der Waals surface area contributed by atoms with Crippen molar-refractivity contribution >= 4 is 40.6 Å². The summed E-state index contributed by atoms with van der Waals surface area (Å²) in [4.78, 5) is 38.9. The van der Waals surface area contributed by atoms with E-state index in [1.807, 2.05) is 32.0 Å². The summed E-state index contributed by atoms with van der Waals surface area (Å²) in [5.74, 6) is 0.0751. The molecule has 0 aliphatic carbocycles. The van der Waals surface area contributed by atoms with Crippen molar-refractivity contribution in [2.75, 3.05) is 19.0 Å². The lowest BCUT2D eigenvalue weighted by atomic mass is 10.1. The van der Waals surface area contributed by atoms with Crippen LogP contribution in [0.5, 0.6) is 11.5 Å². The fraction of sp³-hybridized carbons (Fsp3) is 0.261. The number of rotatable bonds is 8. The third-order valence-corrected chi connectivity index (χ3v) is 5.66. The van der Waals surface area contributed by atoms with Crippen LogP contribution in [-0.2, 0) is 9.59 Å². The molecule has 31 heavy (non-hydrogen) atoms. The van der Waals surface area contributed by atoms with Gasteiger partial charge >= 0.3 is 0 Å². The number of ether oxygens (including phenoxy) is 2. The molecule has 0 saturated carbocycles. The molecule has 0 bridgehead atoms. The van der Waals surface area contributed by atoms with Crippen LogP contribution >= 0.6 is 11.8 Å². The lowest BCUT2D eigenvalue weighted by Crippen LogP contribution is -2.36. The van der Waals surface area contributed by atoms with E-state index >= 15 is 0 Å². The Hall–Kier alpha value is -3.26. The highest BCUT2D eigenvalue weighted by atomic mass is 32.2. The Labute approximate surface area is 185 Å². The molecule has 1 heterocycles. The van der Waals surface area contributed by atoms with Gasteiger partial charge in [-0.05, 0) is 49.4 Å². The van der Waals surface area contributed by atoms with Gasteiger partial charge < -0.3 is 14.8 Å². The summed E-state index contributed by atoms with van der Waals surface area (Å²) in [6, 6.07) is 14.1. The Bertz CT molecular complexity index is 1010. The highest BCUT2D eigenvalue weighted by Gasteiger charge is 2.37. The topological polar surface area (TPSA) is 84.9 Å². The first kappa shape index (κ1) is 22.4. The van der Waals surface area contributed by atoms with Crippen LogP contribution in [0.15, 0.2) is 53.4 Å². The summed E-state index contributed by atoms with van der Waals surface area (Å²) in [6.45, 7) is 3.52. The first-order valence-corrected chi connectivity index (χ1v) is 10.7. The second kappa shape index (κ2) is 10.2. The van der Waals surface area contributed by atoms with Gasteiger partial charge in [-0.15, -0.1) is 0 Å². The molecule has 0 aromatic heterocycles. The van der Waals surface area contributed by atoms with Gasteiger partial charge in [-0.2, -0.15) is 0 Å². The van der Waals surface area contributed by atoms with Crippen LogP contribution in [0.2, 0.25) is 0 Å². The number of methoxy groups -OCH3 is 1. The zero-order valence-electron chi connectivity index (χ0n) is 17.6. The number of hydrogen-bond acceptors (Lipinski definition) is 6. The second-order valence-corrected chi connectivity index (χ2v) is 7.88. The van der Waals surface area contributed by atoms with Gasteiger partial charge in [0, 0.05) is 17.3 Å². The Kier molecular flexibility index (Phi) is 7.36. The van der Waals surface area contributed by atoms with Crippen molar-refractivity contribution in [3.05, 3.63) is 59.0 Å². The van der Waals surface area contributed by atoms with Crippen LogP contribution in [0.3, 0.4) is 0 Å². The van der Waals surface area contributed by atoms with E-state index in [1.54, 1.807) is 36.4 Å². The first-order valence-electron chi connectivity index (χ1n) is 9.86. The zero-order valence-corrected chi connectivity index (χ0v) is 18.4. The highest BCUT2D eigenvalue weighted by Crippen LogP contribution is 2.38. The monoisotopic (exact) mass is 440 g/mol. The lowest BCUT2D eigenvalue weighted by Gasteiger charge is -2.19. The van der Waals surface area contributed by atoms with Gasteiger partial charge in [-0.3, -0.25) is 19.3 Å². The average Bonchev–Trinajstić information content (AvgIpc) is 3.05. The van der Waals surface area contributed by atoms with E-state index in [0.29, 0.717) is 34.1 Å². The maximum absolute atomic E-state index is 12.7. The number of carbonyl (C=O) groups is 3. The number of benzene rings is 2. The number of amides is 3. The van der Waals surface area contributed by atoms with Crippen LogP contribution in [0.1, 0.15) is 25.8 Å². The third-order valence-electron chi connectivity index (χ3n) is 4.78. The standard InChI is InChI=1S/C23H24N2O5S/c1-4-15(2)25-22(27)19(31-23(25)28)13-16-9-8-12-18(29-3)21(16)30-14-20(26)24-17-10-6-5-7-11-17/h5-13,15H,4,14H2,1-3H3,(H,24,26)/b19-13+/t15-/m0/s1. The smallest absolute Gasteiger partial charge is 0.293 e. The van der Waals surface area contributed by atoms with Gasteiger partial charge in [0.05, 0.1) is 12.0 Å². The minimum absolute atomic E-state index is 0.180. The summed E-state index contributed by atoms with van der Waals surface area (Å²) in [5, 5.41) is 2.46. The number of nitrogens with one attached hydrogen (secondary N) is 1. The van der Waals surface area contributed by atoms with E-state index < -0.39 is 0 Å². The Morgan fingerprint density at radius 2 is 1.90 bits per heavy atom. The normalized spacial score (nSPS) is 15.8. The Morgan fingerprint density at radius 3 is 2.58 bits per heavy atom. The number of nitrogens with zero attached hydrogens (tertiary/aromatic N) is 1. The number of hydrogen-bond donors (Lipinski definition) is 1. The van der Waals surface area contributed by atoms with Crippen LogP contribution < -0.4 is 14.8 Å². The predicted molar refractivity (Wildman–Crippen MR) is 121 cm³/mol. The molecule has 3 amide bonds. The molecular formula is C23H24N2O5S. The van der Waals surface area contributed by atoms with Crippen molar-refractivity contribution < 1.29 is 23.9 Å². The molecule has 7 nitrogen and oxygen atoms in total.